The molecule has 0 amide bonds. The summed E-state index contributed by atoms with van der Waals surface area (Å²) in [7, 11) is -2.40. The molecular weight excluding hydrogens is 492 g/mol. The number of nitrogens with zero attached hydrogens (tertiary/aromatic N) is 2. The number of anilines is 1. The van der Waals surface area contributed by atoms with Crippen LogP contribution in [-0.2, 0) is 21.2 Å². The standard InChI is InChI=1S/C28H32N2O6S/c1-33-23-6-9-26(35-17-19-10-12-34-13-11-19)28(15-23)37(31,32)30-24(20-2-3-20)7-4-21-14-22(5-8-25(21)30)27-16-29-18-36-27/h5-6,8-9,14-16,18-20,24H,2-4,7,10-13,17H2,1H3. The number of methoxy groups -OCH3 is 1. The van der Waals surface area contributed by atoms with Crippen molar-refractivity contribution in [1.29, 1.82) is 0 Å². The third-order valence-electron chi connectivity index (χ3n) is 7.71. The fourth-order valence-corrected chi connectivity index (χ4v) is 7.42. The lowest BCUT2D eigenvalue weighted by molar-refractivity contribution is 0.0493. The van der Waals surface area contributed by atoms with Crippen molar-refractivity contribution in [3.8, 4) is 22.8 Å². The van der Waals surface area contributed by atoms with Gasteiger partial charge in [0, 0.05) is 30.9 Å². The molecule has 196 valence electrons. The molecule has 1 aromatic heterocycles. The summed E-state index contributed by atoms with van der Waals surface area (Å²) in [5.74, 6) is 2.23. The van der Waals surface area contributed by atoms with Crippen LogP contribution in [0.4, 0.5) is 5.69 Å². The highest BCUT2D eigenvalue weighted by molar-refractivity contribution is 7.93. The number of hydrogen-bond acceptors (Lipinski definition) is 7. The summed E-state index contributed by atoms with van der Waals surface area (Å²) in [5, 5.41) is 0. The first kappa shape index (κ1) is 24.3. The Hall–Kier alpha value is -3.04. The first-order chi connectivity index (χ1) is 18.0. The predicted molar refractivity (Wildman–Crippen MR) is 138 cm³/mol. The third-order valence-corrected chi connectivity index (χ3v) is 9.57. The van der Waals surface area contributed by atoms with Crippen LogP contribution in [0.15, 0.2) is 58.3 Å². The van der Waals surface area contributed by atoms with Crippen LogP contribution in [0.5, 0.6) is 11.5 Å². The van der Waals surface area contributed by atoms with Crippen molar-refractivity contribution in [3.05, 3.63) is 54.6 Å². The van der Waals surface area contributed by atoms with Crippen molar-refractivity contribution < 1.29 is 27.0 Å². The number of benzene rings is 2. The van der Waals surface area contributed by atoms with E-state index in [4.69, 9.17) is 18.6 Å². The van der Waals surface area contributed by atoms with Gasteiger partial charge in [0.15, 0.2) is 12.2 Å². The maximum Gasteiger partial charge on any atom is 0.268 e. The second kappa shape index (κ2) is 10.0. The lowest BCUT2D eigenvalue weighted by Gasteiger charge is -2.38. The number of ether oxygens (including phenoxy) is 3. The van der Waals surface area contributed by atoms with Crippen molar-refractivity contribution in [2.45, 2.75) is 49.5 Å². The summed E-state index contributed by atoms with van der Waals surface area (Å²) in [6.45, 7) is 1.89. The van der Waals surface area contributed by atoms with Gasteiger partial charge in [-0.05, 0) is 86.3 Å². The minimum absolute atomic E-state index is 0.0804. The second-order valence-electron chi connectivity index (χ2n) is 10.1. The predicted octanol–water partition coefficient (Wildman–Crippen LogP) is 5.08. The van der Waals surface area contributed by atoms with Crippen LogP contribution in [0.3, 0.4) is 0 Å². The van der Waals surface area contributed by atoms with Crippen molar-refractivity contribution in [3.63, 3.8) is 0 Å². The van der Waals surface area contributed by atoms with Gasteiger partial charge >= 0.3 is 0 Å². The van der Waals surface area contributed by atoms with Crippen LogP contribution >= 0.6 is 0 Å². The third kappa shape index (κ3) is 4.82. The summed E-state index contributed by atoms with van der Waals surface area (Å²) in [5.41, 5.74) is 2.60. The fraction of sp³-hybridized carbons (Fsp3) is 0.464. The summed E-state index contributed by atoms with van der Waals surface area (Å²) in [6, 6.07) is 10.8. The molecule has 3 aliphatic rings. The number of aromatic nitrogens is 1. The van der Waals surface area contributed by atoms with E-state index in [0.717, 1.165) is 55.3 Å². The van der Waals surface area contributed by atoms with Crippen LogP contribution in [-0.4, -0.2) is 46.4 Å². The van der Waals surface area contributed by atoms with E-state index >= 15 is 0 Å². The van der Waals surface area contributed by atoms with Gasteiger partial charge in [0.1, 0.15) is 16.4 Å². The van der Waals surface area contributed by atoms with Gasteiger partial charge in [0.05, 0.1) is 25.6 Å². The molecule has 0 radical (unpaired) electrons. The van der Waals surface area contributed by atoms with Crippen LogP contribution < -0.4 is 13.8 Å². The Balaban J connectivity index is 1.39. The molecule has 2 aromatic carbocycles. The summed E-state index contributed by atoms with van der Waals surface area (Å²) >= 11 is 0. The Kier molecular flexibility index (Phi) is 6.58. The minimum Gasteiger partial charge on any atom is -0.497 e. The number of rotatable bonds is 8. The average Bonchev–Trinajstić information content (AvgIpc) is 3.64. The molecule has 3 aromatic rings. The van der Waals surface area contributed by atoms with Crippen LogP contribution in [0.25, 0.3) is 11.3 Å². The molecule has 2 fully saturated rings. The second-order valence-corrected chi connectivity index (χ2v) is 11.9. The molecule has 1 saturated carbocycles. The van der Waals surface area contributed by atoms with E-state index in [-0.39, 0.29) is 10.9 Å². The minimum atomic E-state index is -3.94. The van der Waals surface area contributed by atoms with Gasteiger partial charge in [0.2, 0.25) is 0 Å². The highest BCUT2D eigenvalue weighted by atomic mass is 32.2. The maximum atomic E-state index is 14.5. The van der Waals surface area contributed by atoms with Crippen LogP contribution in [0.1, 0.15) is 37.7 Å². The first-order valence-corrected chi connectivity index (χ1v) is 14.4. The molecule has 9 heteroatoms. The molecular formula is C28H32N2O6S. The molecule has 1 saturated heterocycles. The maximum absolute atomic E-state index is 14.5. The molecule has 2 aliphatic heterocycles. The Morgan fingerprint density at radius 3 is 2.62 bits per heavy atom. The monoisotopic (exact) mass is 524 g/mol. The molecule has 1 aliphatic carbocycles. The molecule has 0 bridgehead atoms. The van der Waals surface area contributed by atoms with E-state index in [2.05, 4.69) is 4.98 Å². The van der Waals surface area contributed by atoms with Crippen molar-refractivity contribution in [2.24, 2.45) is 11.8 Å². The zero-order valence-corrected chi connectivity index (χ0v) is 21.8. The Morgan fingerprint density at radius 2 is 1.89 bits per heavy atom. The van der Waals surface area contributed by atoms with Crippen molar-refractivity contribution in [1.82, 2.24) is 4.98 Å². The highest BCUT2D eigenvalue weighted by Gasteiger charge is 2.44. The van der Waals surface area contributed by atoms with Gasteiger partial charge in [-0.25, -0.2) is 13.4 Å². The molecule has 1 atom stereocenters. The van der Waals surface area contributed by atoms with E-state index in [1.54, 1.807) is 35.8 Å². The van der Waals surface area contributed by atoms with Crippen LogP contribution in [0.2, 0.25) is 0 Å². The molecule has 3 heterocycles. The largest absolute Gasteiger partial charge is 0.497 e. The SMILES string of the molecule is COc1ccc(OCC2CCOCC2)c(S(=O)(=O)N2c3ccc(-c4cnco4)cc3CCC2C2CC2)c1. The molecule has 6 rings (SSSR count). The zero-order chi connectivity index (χ0) is 25.4. The first-order valence-electron chi connectivity index (χ1n) is 13.0. The lowest BCUT2D eigenvalue weighted by atomic mass is 9.93. The van der Waals surface area contributed by atoms with E-state index in [0.29, 0.717) is 48.9 Å². The topological polar surface area (TPSA) is 91.1 Å². The molecule has 0 spiro atoms. The van der Waals surface area contributed by atoms with Gasteiger partial charge in [-0.2, -0.15) is 0 Å². The Labute approximate surface area is 217 Å². The fourth-order valence-electron chi connectivity index (χ4n) is 5.49. The van der Waals surface area contributed by atoms with E-state index in [9.17, 15) is 8.42 Å². The van der Waals surface area contributed by atoms with Crippen molar-refractivity contribution in [2.75, 3.05) is 31.2 Å². The van der Waals surface area contributed by atoms with Crippen LogP contribution in [0, 0.1) is 11.8 Å². The number of fused-ring (bicyclic) bond motifs is 1. The quantitative estimate of drug-likeness (QED) is 0.406. The summed E-state index contributed by atoms with van der Waals surface area (Å²) in [4.78, 5) is 4.17. The van der Waals surface area contributed by atoms with E-state index < -0.39 is 10.0 Å². The van der Waals surface area contributed by atoms with Gasteiger partial charge in [-0.3, -0.25) is 4.31 Å². The number of sulfonamides is 1. The van der Waals surface area contributed by atoms with Crippen molar-refractivity contribution >= 4 is 15.7 Å². The smallest absolute Gasteiger partial charge is 0.268 e. The van der Waals surface area contributed by atoms with E-state index in [1.165, 1.54) is 6.39 Å². The molecule has 37 heavy (non-hydrogen) atoms. The Morgan fingerprint density at radius 1 is 1.05 bits per heavy atom. The number of oxazole rings is 1. The Bertz CT molecular complexity index is 1350. The van der Waals surface area contributed by atoms with Gasteiger partial charge in [0.25, 0.3) is 10.0 Å². The molecule has 1 unspecified atom stereocenters. The number of hydrogen-bond donors (Lipinski definition) is 0. The molecule has 0 N–H and O–H groups in total. The summed E-state index contributed by atoms with van der Waals surface area (Å²) in [6.07, 6.45) is 8.59. The lowest BCUT2D eigenvalue weighted by Crippen LogP contribution is -2.45. The normalized spacial score (nSPS) is 20.5. The number of aryl methyl sites for hydroxylation is 1. The van der Waals surface area contributed by atoms with Gasteiger partial charge in [-0.1, -0.05) is 0 Å². The highest BCUT2D eigenvalue weighted by Crippen LogP contribution is 2.47. The molecule has 8 nitrogen and oxygen atoms in total. The van der Waals surface area contributed by atoms with E-state index in [1.807, 2.05) is 18.2 Å². The van der Waals surface area contributed by atoms with Gasteiger partial charge in [-0.15, -0.1) is 0 Å². The zero-order valence-electron chi connectivity index (χ0n) is 21.0. The van der Waals surface area contributed by atoms with Gasteiger partial charge < -0.3 is 18.6 Å². The summed E-state index contributed by atoms with van der Waals surface area (Å²) < 4.78 is 53.2. The average molecular weight is 525 g/mol.